The van der Waals surface area contributed by atoms with Crippen LogP contribution in [-0.2, 0) is 0 Å². The minimum absolute atomic E-state index is 0.587. The van der Waals surface area contributed by atoms with Gasteiger partial charge in [0.25, 0.3) is 0 Å². The molecule has 6 nitrogen and oxygen atoms in total. The number of hydrogen-bond donors (Lipinski definition) is 1. The number of rotatable bonds is 7. The summed E-state index contributed by atoms with van der Waals surface area (Å²) in [5.74, 6) is 1.34. The van der Waals surface area contributed by atoms with Crippen molar-refractivity contribution in [2.45, 2.75) is 19.3 Å². The van der Waals surface area contributed by atoms with Gasteiger partial charge in [-0.3, -0.25) is 4.90 Å². The van der Waals surface area contributed by atoms with Gasteiger partial charge in [0.1, 0.15) is 0 Å². The number of piperazine rings is 1. The third-order valence-corrected chi connectivity index (χ3v) is 4.27. The van der Waals surface area contributed by atoms with E-state index in [0.717, 1.165) is 49.6 Å². The lowest BCUT2D eigenvalue weighted by atomic mass is 10.2. The van der Waals surface area contributed by atoms with Gasteiger partial charge in [0, 0.05) is 26.2 Å². The van der Waals surface area contributed by atoms with Crippen LogP contribution in [0.4, 0.5) is 5.95 Å². The summed E-state index contributed by atoms with van der Waals surface area (Å²) in [6.45, 7) is 6.01. The second-order valence-electron chi connectivity index (χ2n) is 5.21. The lowest BCUT2D eigenvalue weighted by Gasteiger charge is -2.34. The first-order valence-corrected chi connectivity index (χ1v) is 8.28. The van der Waals surface area contributed by atoms with E-state index in [1.54, 1.807) is 13.3 Å². The van der Waals surface area contributed by atoms with E-state index in [2.05, 4.69) is 35.7 Å². The van der Waals surface area contributed by atoms with Crippen LogP contribution in [0, 0.1) is 0 Å². The van der Waals surface area contributed by atoms with Crippen LogP contribution < -0.4 is 15.4 Å². The lowest BCUT2D eigenvalue weighted by Crippen LogP contribution is -2.47. The highest BCUT2D eigenvalue weighted by Crippen LogP contribution is 2.23. The molecule has 0 aromatic carbocycles. The van der Waals surface area contributed by atoms with Crippen molar-refractivity contribution < 1.29 is 4.74 Å². The first-order chi connectivity index (χ1) is 10.2. The number of halogens is 1. The first kappa shape index (κ1) is 16.5. The van der Waals surface area contributed by atoms with Crippen LogP contribution in [0.15, 0.2) is 10.7 Å². The summed E-state index contributed by atoms with van der Waals surface area (Å²) in [5, 5.41) is 0. The summed E-state index contributed by atoms with van der Waals surface area (Å²) in [7, 11) is 1.62. The van der Waals surface area contributed by atoms with Crippen LogP contribution in [-0.4, -0.2) is 61.2 Å². The van der Waals surface area contributed by atoms with Crippen molar-refractivity contribution in [1.29, 1.82) is 0 Å². The lowest BCUT2D eigenvalue weighted by molar-refractivity contribution is 0.251. The fourth-order valence-corrected chi connectivity index (χ4v) is 2.82. The summed E-state index contributed by atoms with van der Waals surface area (Å²) in [4.78, 5) is 13.5. The Morgan fingerprint density at radius 2 is 2.00 bits per heavy atom. The van der Waals surface area contributed by atoms with Crippen LogP contribution >= 0.6 is 15.9 Å². The summed E-state index contributed by atoms with van der Waals surface area (Å²) >= 11 is 3.38. The number of anilines is 1. The molecule has 0 radical (unpaired) electrons. The van der Waals surface area contributed by atoms with Gasteiger partial charge in [-0.05, 0) is 41.9 Å². The molecule has 0 atom stereocenters. The monoisotopic (exact) mass is 357 g/mol. The molecular weight excluding hydrogens is 334 g/mol. The van der Waals surface area contributed by atoms with Crippen LogP contribution in [0.5, 0.6) is 5.88 Å². The predicted octanol–water partition coefficient (Wildman–Crippen LogP) is 1.50. The second-order valence-corrected chi connectivity index (χ2v) is 6.06. The number of hydrogen-bond acceptors (Lipinski definition) is 6. The van der Waals surface area contributed by atoms with E-state index in [-0.39, 0.29) is 0 Å². The van der Waals surface area contributed by atoms with Crippen LogP contribution in [0.1, 0.15) is 19.3 Å². The van der Waals surface area contributed by atoms with Gasteiger partial charge in [-0.15, -0.1) is 0 Å². The Bertz CT molecular complexity index is 437. The Hall–Kier alpha value is -0.920. The number of ether oxygens (including phenoxy) is 1. The molecule has 2 heterocycles. The Morgan fingerprint density at radius 3 is 2.67 bits per heavy atom. The van der Waals surface area contributed by atoms with Gasteiger partial charge >= 0.3 is 0 Å². The molecule has 1 aliphatic heterocycles. The van der Waals surface area contributed by atoms with E-state index in [4.69, 9.17) is 10.5 Å². The summed E-state index contributed by atoms with van der Waals surface area (Å²) < 4.78 is 6.01. The Labute approximate surface area is 134 Å². The van der Waals surface area contributed by atoms with Crippen molar-refractivity contribution in [3.63, 3.8) is 0 Å². The van der Waals surface area contributed by atoms with E-state index in [1.807, 2.05) is 0 Å². The largest absolute Gasteiger partial charge is 0.480 e. The molecule has 118 valence electrons. The Balaban J connectivity index is 1.81. The highest BCUT2D eigenvalue weighted by Gasteiger charge is 2.19. The van der Waals surface area contributed by atoms with Crippen molar-refractivity contribution in [3.8, 4) is 5.88 Å². The van der Waals surface area contributed by atoms with Gasteiger partial charge < -0.3 is 15.4 Å². The molecular formula is C14H24BrN5O. The molecule has 7 heteroatoms. The Morgan fingerprint density at radius 1 is 1.24 bits per heavy atom. The number of methoxy groups -OCH3 is 1. The fraction of sp³-hybridized carbons (Fsp3) is 0.714. The van der Waals surface area contributed by atoms with E-state index in [1.165, 1.54) is 19.4 Å². The van der Waals surface area contributed by atoms with Crippen molar-refractivity contribution in [2.24, 2.45) is 5.73 Å². The van der Waals surface area contributed by atoms with Gasteiger partial charge in [0.15, 0.2) is 0 Å². The molecule has 1 aromatic heterocycles. The van der Waals surface area contributed by atoms with Crippen molar-refractivity contribution in [1.82, 2.24) is 14.9 Å². The van der Waals surface area contributed by atoms with Crippen molar-refractivity contribution in [2.75, 3.05) is 51.3 Å². The maximum atomic E-state index is 5.52. The topological polar surface area (TPSA) is 67.5 Å². The SMILES string of the molecule is COc1nc(N2CCN(CCCCCN)CC2)ncc1Br. The maximum absolute atomic E-state index is 5.52. The number of nitrogens with zero attached hydrogens (tertiary/aromatic N) is 4. The van der Waals surface area contributed by atoms with E-state index < -0.39 is 0 Å². The molecule has 1 saturated heterocycles. The third kappa shape index (κ3) is 4.79. The summed E-state index contributed by atoms with van der Waals surface area (Å²) in [5.41, 5.74) is 5.52. The van der Waals surface area contributed by atoms with Crippen LogP contribution in [0.3, 0.4) is 0 Å². The molecule has 0 spiro atoms. The summed E-state index contributed by atoms with van der Waals surface area (Å²) in [6, 6.07) is 0. The highest BCUT2D eigenvalue weighted by atomic mass is 79.9. The summed E-state index contributed by atoms with van der Waals surface area (Å²) in [6.07, 6.45) is 5.34. The molecule has 0 bridgehead atoms. The zero-order valence-electron chi connectivity index (χ0n) is 12.6. The highest BCUT2D eigenvalue weighted by molar-refractivity contribution is 9.10. The van der Waals surface area contributed by atoms with Crippen LogP contribution in [0.25, 0.3) is 0 Å². The van der Waals surface area contributed by atoms with Gasteiger partial charge in [0.05, 0.1) is 17.8 Å². The zero-order valence-corrected chi connectivity index (χ0v) is 14.2. The van der Waals surface area contributed by atoms with E-state index >= 15 is 0 Å². The number of unbranched alkanes of at least 4 members (excludes halogenated alkanes) is 2. The number of nitrogens with two attached hydrogens (primary N) is 1. The molecule has 1 aromatic rings. The Kier molecular flexibility index (Phi) is 6.66. The maximum Gasteiger partial charge on any atom is 0.232 e. The second kappa shape index (κ2) is 8.51. The molecule has 2 N–H and O–H groups in total. The molecule has 0 amide bonds. The molecule has 2 rings (SSSR count). The normalized spacial score (nSPS) is 16.2. The average molecular weight is 358 g/mol. The molecule has 0 aliphatic carbocycles. The predicted molar refractivity (Wildman–Crippen MR) is 87.8 cm³/mol. The third-order valence-electron chi connectivity index (χ3n) is 3.73. The van der Waals surface area contributed by atoms with Gasteiger partial charge in [0.2, 0.25) is 11.8 Å². The minimum atomic E-state index is 0.587. The molecule has 0 saturated carbocycles. The number of aromatic nitrogens is 2. The van der Waals surface area contributed by atoms with E-state index in [0.29, 0.717) is 5.88 Å². The molecule has 0 unspecified atom stereocenters. The average Bonchev–Trinajstić information content (AvgIpc) is 2.53. The zero-order chi connectivity index (χ0) is 15.1. The van der Waals surface area contributed by atoms with Gasteiger partial charge in [-0.1, -0.05) is 6.42 Å². The molecule has 1 fully saturated rings. The first-order valence-electron chi connectivity index (χ1n) is 7.48. The van der Waals surface area contributed by atoms with Crippen molar-refractivity contribution >= 4 is 21.9 Å². The van der Waals surface area contributed by atoms with Gasteiger partial charge in [-0.2, -0.15) is 4.98 Å². The standard InChI is InChI=1S/C14H24BrN5O/c1-21-13-12(15)11-17-14(18-13)20-9-7-19(8-10-20)6-4-2-3-5-16/h11H,2-10,16H2,1H3. The quantitative estimate of drug-likeness (QED) is 0.745. The van der Waals surface area contributed by atoms with Gasteiger partial charge in [-0.25, -0.2) is 4.98 Å². The van der Waals surface area contributed by atoms with Crippen molar-refractivity contribution in [3.05, 3.63) is 10.7 Å². The van der Waals surface area contributed by atoms with Crippen LogP contribution in [0.2, 0.25) is 0 Å². The minimum Gasteiger partial charge on any atom is -0.480 e. The fourth-order valence-electron chi connectivity index (χ4n) is 2.47. The smallest absolute Gasteiger partial charge is 0.232 e. The molecule has 1 aliphatic rings. The van der Waals surface area contributed by atoms with E-state index in [9.17, 15) is 0 Å². The molecule has 21 heavy (non-hydrogen) atoms.